The summed E-state index contributed by atoms with van der Waals surface area (Å²) in [6, 6.07) is 1.85. The molecule has 0 spiro atoms. The predicted molar refractivity (Wildman–Crippen MR) is 55.5 cm³/mol. The van der Waals surface area contributed by atoms with Crippen LogP contribution in [0.15, 0.2) is 18.5 Å². The standard InChI is InChI=1S/C10H10N4O/c15-9-2-1-5-14(9)8-3-4-11-7-6-12-13-10(7)8/h3-4,6H,1-2,5H2,(H,12,13). The van der Waals surface area contributed by atoms with Crippen LogP contribution < -0.4 is 4.90 Å². The number of amides is 1. The summed E-state index contributed by atoms with van der Waals surface area (Å²) in [7, 11) is 0. The lowest BCUT2D eigenvalue weighted by molar-refractivity contribution is -0.117. The van der Waals surface area contributed by atoms with Crippen molar-refractivity contribution in [2.24, 2.45) is 0 Å². The summed E-state index contributed by atoms with van der Waals surface area (Å²) >= 11 is 0. The summed E-state index contributed by atoms with van der Waals surface area (Å²) in [6.45, 7) is 0.789. The molecule has 1 aliphatic rings. The Kier molecular flexibility index (Phi) is 1.71. The first-order chi connectivity index (χ1) is 7.36. The van der Waals surface area contributed by atoms with Crippen molar-refractivity contribution >= 4 is 22.6 Å². The lowest BCUT2D eigenvalue weighted by Gasteiger charge is -2.15. The van der Waals surface area contributed by atoms with Gasteiger partial charge in [-0.05, 0) is 12.5 Å². The van der Waals surface area contributed by atoms with E-state index in [4.69, 9.17) is 0 Å². The Bertz CT molecular complexity index is 519. The Hall–Kier alpha value is -1.91. The van der Waals surface area contributed by atoms with Gasteiger partial charge in [0.15, 0.2) is 0 Å². The van der Waals surface area contributed by atoms with Gasteiger partial charge >= 0.3 is 0 Å². The normalized spacial score (nSPS) is 16.5. The molecule has 0 atom stereocenters. The summed E-state index contributed by atoms with van der Waals surface area (Å²) in [6.07, 6.45) is 4.94. The Morgan fingerprint density at radius 3 is 3.20 bits per heavy atom. The van der Waals surface area contributed by atoms with Gasteiger partial charge in [-0.1, -0.05) is 0 Å². The van der Waals surface area contributed by atoms with Gasteiger partial charge in [-0.25, -0.2) is 0 Å². The van der Waals surface area contributed by atoms with Crippen LogP contribution in [0.5, 0.6) is 0 Å². The molecule has 1 N–H and O–H groups in total. The Labute approximate surface area is 86.1 Å². The van der Waals surface area contributed by atoms with Crippen LogP contribution in [0.1, 0.15) is 12.8 Å². The van der Waals surface area contributed by atoms with Gasteiger partial charge in [0.1, 0.15) is 11.0 Å². The number of rotatable bonds is 1. The number of nitrogens with one attached hydrogen (secondary N) is 1. The van der Waals surface area contributed by atoms with E-state index in [1.807, 2.05) is 6.07 Å². The molecule has 1 amide bonds. The van der Waals surface area contributed by atoms with Crippen molar-refractivity contribution in [2.45, 2.75) is 12.8 Å². The zero-order valence-electron chi connectivity index (χ0n) is 8.10. The van der Waals surface area contributed by atoms with E-state index >= 15 is 0 Å². The number of nitrogens with zero attached hydrogens (tertiary/aromatic N) is 3. The molecule has 1 fully saturated rings. The fourth-order valence-electron chi connectivity index (χ4n) is 1.97. The maximum absolute atomic E-state index is 11.6. The molecule has 2 aromatic rings. The molecule has 0 radical (unpaired) electrons. The van der Waals surface area contributed by atoms with Crippen molar-refractivity contribution in [3.63, 3.8) is 0 Å². The highest BCUT2D eigenvalue weighted by molar-refractivity contribution is 6.02. The highest BCUT2D eigenvalue weighted by atomic mass is 16.2. The van der Waals surface area contributed by atoms with E-state index in [2.05, 4.69) is 15.2 Å². The molecule has 15 heavy (non-hydrogen) atoms. The van der Waals surface area contributed by atoms with E-state index < -0.39 is 0 Å². The molecular weight excluding hydrogens is 192 g/mol. The number of pyridine rings is 1. The quantitative estimate of drug-likeness (QED) is 0.752. The second-order valence-electron chi connectivity index (χ2n) is 3.61. The summed E-state index contributed by atoms with van der Waals surface area (Å²) in [5.41, 5.74) is 2.53. The predicted octanol–water partition coefficient (Wildman–Crippen LogP) is 1.08. The van der Waals surface area contributed by atoms with Crippen LogP contribution in [0.25, 0.3) is 11.0 Å². The van der Waals surface area contributed by atoms with Crippen LogP contribution in [0.3, 0.4) is 0 Å². The number of hydrogen-bond acceptors (Lipinski definition) is 3. The molecule has 2 aromatic heterocycles. The molecule has 0 bridgehead atoms. The number of anilines is 1. The molecule has 3 heterocycles. The van der Waals surface area contributed by atoms with Crippen LogP contribution in [-0.2, 0) is 4.79 Å². The van der Waals surface area contributed by atoms with Crippen molar-refractivity contribution < 1.29 is 4.79 Å². The molecule has 5 nitrogen and oxygen atoms in total. The van der Waals surface area contributed by atoms with E-state index in [9.17, 15) is 4.79 Å². The van der Waals surface area contributed by atoms with Crippen LogP contribution in [-0.4, -0.2) is 27.6 Å². The first-order valence-electron chi connectivity index (χ1n) is 4.95. The van der Waals surface area contributed by atoms with E-state index in [1.165, 1.54) is 0 Å². The minimum absolute atomic E-state index is 0.178. The van der Waals surface area contributed by atoms with Gasteiger partial charge < -0.3 is 4.90 Å². The molecule has 0 aliphatic carbocycles. The Morgan fingerprint density at radius 2 is 2.40 bits per heavy atom. The second-order valence-corrected chi connectivity index (χ2v) is 3.61. The van der Waals surface area contributed by atoms with Gasteiger partial charge in [0, 0.05) is 19.2 Å². The zero-order chi connectivity index (χ0) is 10.3. The highest BCUT2D eigenvalue weighted by Gasteiger charge is 2.23. The molecule has 0 saturated carbocycles. The lowest BCUT2D eigenvalue weighted by Crippen LogP contribution is -2.23. The van der Waals surface area contributed by atoms with Crippen molar-refractivity contribution in [3.05, 3.63) is 18.5 Å². The Balaban J connectivity index is 2.17. The smallest absolute Gasteiger partial charge is 0.227 e. The number of hydrogen-bond donors (Lipinski definition) is 1. The van der Waals surface area contributed by atoms with Crippen molar-refractivity contribution in [2.75, 3.05) is 11.4 Å². The number of H-pyrrole nitrogens is 1. The van der Waals surface area contributed by atoms with Gasteiger partial charge in [0.25, 0.3) is 0 Å². The molecule has 76 valence electrons. The van der Waals surface area contributed by atoms with E-state index in [1.54, 1.807) is 17.3 Å². The fourth-order valence-corrected chi connectivity index (χ4v) is 1.97. The minimum atomic E-state index is 0.178. The highest BCUT2D eigenvalue weighted by Crippen LogP contribution is 2.26. The molecule has 0 unspecified atom stereocenters. The minimum Gasteiger partial charge on any atom is -0.310 e. The summed E-state index contributed by atoms with van der Waals surface area (Å²) in [5, 5.41) is 6.81. The molecule has 1 saturated heterocycles. The molecular formula is C10H10N4O. The third-order valence-corrected chi connectivity index (χ3v) is 2.69. The maximum Gasteiger partial charge on any atom is 0.227 e. The third kappa shape index (κ3) is 1.20. The second kappa shape index (κ2) is 3.05. The lowest BCUT2D eigenvalue weighted by atomic mass is 10.3. The Morgan fingerprint density at radius 1 is 1.47 bits per heavy atom. The van der Waals surface area contributed by atoms with Crippen molar-refractivity contribution in [3.8, 4) is 0 Å². The average molecular weight is 202 g/mol. The van der Waals surface area contributed by atoms with Gasteiger partial charge in [-0.15, -0.1) is 0 Å². The molecule has 5 heteroatoms. The van der Waals surface area contributed by atoms with Gasteiger partial charge in [0.2, 0.25) is 5.91 Å². The number of carbonyl (C=O) groups is 1. The van der Waals surface area contributed by atoms with Crippen LogP contribution in [0, 0.1) is 0 Å². The van der Waals surface area contributed by atoms with Gasteiger partial charge in [-0.2, -0.15) is 5.10 Å². The summed E-state index contributed by atoms with van der Waals surface area (Å²) in [4.78, 5) is 17.6. The van der Waals surface area contributed by atoms with Crippen molar-refractivity contribution in [1.29, 1.82) is 0 Å². The zero-order valence-corrected chi connectivity index (χ0v) is 8.10. The SMILES string of the molecule is O=C1CCCN1c1ccnc2cn[nH]c12. The van der Waals surface area contributed by atoms with E-state index in [0.717, 1.165) is 29.7 Å². The number of aromatic amines is 1. The van der Waals surface area contributed by atoms with Crippen molar-refractivity contribution in [1.82, 2.24) is 15.2 Å². The monoisotopic (exact) mass is 202 g/mol. The van der Waals surface area contributed by atoms with E-state index in [0.29, 0.717) is 6.42 Å². The molecule has 1 aliphatic heterocycles. The fraction of sp³-hybridized carbons (Fsp3) is 0.300. The number of carbonyl (C=O) groups excluding carboxylic acids is 1. The molecule has 3 rings (SSSR count). The maximum atomic E-state index is 11.6. The largest absolute Gasteiger partial charge is 0.310 e. The van der Waals surface area contributed by atoms with E-state index in [-0.39, 0.29) is 5.91 Å². The average Bonchev–Trinajstić information content (AvgIpc) is 2.85. The summed E-state index contributed by atoms with van der Waals surface area (Å²) < 4.78 is 0. The topological polar surface area (TPSA) is 61.9 Å². The molecule has 0 aromatic carbocycles. The van der Waals surface area contributed by atoms with Crippen LogP contribution in [0.4, 0.5) is 5.69 Å². The first-order valence-corrected chi connectivity index (χ1v) is 4.95. The number of fused-ring (bicyclic) bond motifs is 1. The van der Waals surface area contributed by atoms with Crippen LogP contribution in [0.2, 0.25) is 0 Å². The third-order valence-electron chi connectivity index (χ3n) is 2.69. The van der Waals surface area contributed by atoms with Gasteiger partial charge in [-0.3, -0.25) is 14.9 Å². The first kappa shape index (κ1) is 8.40. The van der Waals surface area contributed by atoms with Crippen LogP contribution >= 0.6 is 0 Å². The summed E-state index contributed by atoms with van der Waals surface area (Å²) in [5.74, 6) is 0.178. The van der Waals surface area contributed by atoms with Gasteiger partial charge in [0.05, 0.1) is 11.9 Å². The number of aromatic nitrogens is 3.